The number of aliphatic hydroxyl groups excluding tert-OH is 1. The van der Waals surface area contributed by atoms with E-state index in [0.717, 1.165) is 63.4 Å². The van der Waals surface area contributed by atoms with Crippen LogP contribution in [0.25, 0.3) is 0 Å². The third-order valence-electron chi connectivity index (χ3n) is 12.6. The number of cyclic esters (lactones) is 1. The van der Waals surface area contributed by atoms with E-state index in [1.165, 1.54) is 14.0 Å². The normalized spacial score (nSPS) is 51.2. The maximum absolute atomic E-state index is 12.5. The van der Waals surface area contributed by atoms with Crippen LogP contribution in [0.2, 0.25) is 0 Å². The van der Waals surface area contributed by atoms with Crippen molar-refractivity contribution in [2.24, 2.45) is 34.5 Å². The van der Waals surface area contributed by atoms with Crippen molar-refractivity contribution >= 4 is 11.9 Å². The second-order valence-corrected chi connectivity index (χ2v) is 14.3. The van der Waals surface area contributed by atoms with Crippen molar-refractivity contribution in [1.29, 1.82) is 0 Å². The molecule has 41 heavy (non-hydrogen) atoms. The largest absolute Gasteiger partial charge is 0.458 e. The Hall–Kier alpha value is -1.52. The van der Waals surface area contributed by atoms with Crippen LogP contribution in [-0.2, 0) is 33.3 Å². The SMILES string of the molecule is CO[C@@H]1[C@@H](O)[C@H](C)O[C@H](OC2CC[C@@]3(C)C(CC[C@@H]4[C@@H]3CC[C@]3(C)[C@@H](C5=CC(=O)OC5)CC[C@]43O)C2)[C@H]1OC(C)=O. The monoisotopic (exact) mass is 576 g/mol. The van der Waals surface area contributed by atoms with Crippen LogP contribution >= 0.6 is 0 Å². The van der Waals surface area contributed by atoms with Gasteiger partial charge in [0.15, 0.2) is 12.4 Å². The van der Waals surface area contributed by atoms with E-state index in [2.05, 4.69) is 13.8 Å². The highest BCUT2D eigenvalue weighted by atomic mass is 16.7. The summed E-state index contributed by atoms with van der Waals surface area (Å²) in [5.41, 5.74) is 0.221. The van der Waals surface area contributed by atoms with Gasteiger partial charge < -0.3 is 33.9 Å². The highest BCUT2D eigenvalue weighted by Crippen LogP contribution is 2.70. The van der Waals surface area contributed by atoms with Gasteiger partial charge in [-0.15, -0.1) is 0 Å². The van der Waals surface area contributed by atoms with Crippen LogP contribution in [0.15, 0.2) is 11.6 Å². The second kappa shape index (κ2) is 10.6. The molecule has 2 N–H and O–H groups in total. The molecule has 0 spiro atoms. The molecule has 0 aromatic carbocycles. The number of methoxy groups -OCH3 is 1. The number of hydrogen-bond acceptors (Lipinski definition) is 9. The molecule has 0 bridgehead atoms. The van der Waals surface area contributed by atoms with Gasteiger partial charge in [0.05, 0.1) is 17.8 Å². The summed E-state index contributed by atoms with van der Waals surface area (Å²) in [5.74, 6) is 0.650. The Morgan fingerprint density at radius 1 is 1.05 bits per heavy atom. The van der Waals surface area contributed by atoms with Crippen molar-refractivity contribution in [3.05, 3.63) is 11.6 Å². The summed E-state index contributed by atoms with van der Waals surface area (Å²) < 4.78 is 28.9. The fraction of sp³-hybridized carbons (Fsp3) is 0.875. The van der Waals surface area contributed by atoms with E-state index in [4.69, 9.17) is 23.7 Å². The molecule has 0 amide bonds. The quantitative estimate of drug-likeness (QED) is 0.373. The van der Waals surface area contributed by atoms with E-state index in [1.807, 2.05) is 0 Å². The number of esters is 2. The maximum Gasteiger partial charge on any atom is 0.331 e. The van der Waals surface area contributed by atoms with Crippen LogP contribution in [0, 0.1) is 34.5 Å². The Labute approximate surface area is 243 Å². The fourth-order valence-electron chi connectivity index (χ4n) is 10.4. The molecule has 6 aliphatic rings. The molecule has 2 unspecified atom stereocenters. The average Bonchev–Trinajstić information content (AvgIpc) is 3.46. The fourth-order valence-corrected chi connectivity index (χ4v) is 10.4. The van der Waals surface area contributed by atoms with Crippen molar-refractivity contribution < 1.29 is 43.5 Å². The molecular formula is C32H48O9. The van der Waals surface area contributed by atoms with Gasteiger partial charge in [0.25, 0.3) is 0 Å². The topological polar surface area (TPSA) is 121 Å². The summed E-state index contributed by atoms with van der Waals surface area (Å²) in [4.78, 5) is 23.7. The van der Waals surface area contributed by atoms with E-state index in [9.17, 15) is 19.8 Å². The summed E-state index contributed by atoms with van der Waals surface area (Å²) in [5, 5.41) is 23.1. The molecule has 6 rings (SSSR count). The number of rotatable bonds is 5. The van der Waals surface area contributed by atoms with Gasteiger partial charge in [0.1, 0.15) is 18.8 Å². The Morgan fingerprint density at radius 2 is 1.83 bits per heavy atom. The van der Waals surface area contributed by atoms with Gasteiger partial charge >= 0.3 is 11.9 Å². The van der Waals surface area contributed by atoms with E-state index in [1.54, 1.807) is 13.0 Å². The molecule has 9 heteroatoms. The van der Waals surface area contributed by atoms with Crippen molar-refractivity contribution in [1.82, 2.24) is 0 Å². The maximum atomic E-state index is 12.5. The number of fused-ring (bicyclic) bond motifs is 5. The molecule has 2 heterocycles. The molecule has 5 fully saturated rings. The third-order valence-corrected chi connectivity index (χ3v) is 12.6. The lowest BCUT2D eigenvalue weighted by atomic mass is 9.43. The predicted octanol–water partition coefficient (Wildman–Crippen LogP) is 3.68. The van der Waals surface area contributed by atoms with Crippen LogP contribution in [0.1, 0.15) is 85.5 Å². The summed E-state index contributed by atoms with van der Waals surface area (Å²) in [6.07, 6.45) is 6.35. The molecule has 9 nitrogen and oxygen atoms in total. The van der Waals surface area contributed by atoms with Gasteiger partial charge in [-0.1, -0.05) is 13.8 Å². The van der Waals surface area contributed by atoms with Crippen molar-refractivity contribution in [2.75, 3.05) is 13.7 Å². The lowest BCUT2D eigenvalue weighted by Crippen LogP contribution is -2.63. The third kappa shape index (κ3) is 4.60. The van der Waals surface area contributed by atoms with Gasteiger partial charge in [-0.25, -0.2) is 4.79 Å². The average molecular weight is 577 g/mol. The lowest BCUT2D eigenvalue weighted by molar-refractivity contribution is -0.315. The lowest BCUT2D eigenvalue weighted by Gasteiger charge is -2.64. The molecule has 1 saturated heterocycles. The van der Waals surface area contributed by atoms with Gasteiger partial charge in [-0.05, 0) is 99.4 Å². The minimum Gasteiger partial charge on any atom is -0.458 e. The minimum absolute atomic E-state index is 0.0488. The number of aliphatic hydroxyl groups is 2. The Bertz CT molecular complexity index is 1080. The minimum atomic E-state index is -0.926. The van der Waals surface area contributed by atoms with Crippen molar-refractivity contribution in [3.63, 3.8) is 0 Å². The summed E-state index contributed by atoms with van der Waals surface area (Å²) in [6.45, 7) is 8.19. The van der Waals surface area contributed by atoms with E-state index < -0.39 is 42.3 Å². The van der Waals surface area contributed by atoms with Crippen LogP contribution < -0.4 is 0 Å². The molecule has 0 radical (unpaired) electrons. The smallest absolute Gasteiger partial charge is 0.331 e. The van der Waals surface area contributed by atoms with E-state index >= 15 is 0 Å². The molecule has 2 aliphatic heterocycles. The zero-order chi connectivity index (χ0) is 29.3. The summed E-state index contributed by atoms with van der Waals surface area (Å²) in [6, 6.07) is 0. The zero-order valence-corrected chi connectivity index (χ0v) is 25.2. The Balaban J connectivity index is 1.16. The highest BCUT2D eigenvalue weighted by molar-refractivity contribution is 5.85. The van der Waals surface area contributed by atoms with Gasteiger partial charge in [-0.3, -0.25) is 4.79 Å². The van der Waals surface area contributed by atoms with Gasteiger partial charge in [0, 0.05) is 25.5 Å². The molecule has 0 aromatic heterocycles. The van der Waals surface area contributed by atoms with Crippen LogP contribution in [0.3, 0.4) is 0 Å². The first-order valence-corrected chi connectivity index (χ1v) is 15.7. The number of hydrogen-bond donors (Lipinski definition) is 2. The van der Waals surface area contributed by atoms with Gasteiger partial charge in [-0.2, -0.15) is 0 Å². The first-order chi connectivity index (χ1) is 19.4. The van der Waals surface area contributed by atoms with Crippen molar-refractivity contribution in [2.45, 2.75) is 128 Å². The zero-order valence-electron chi connectivity index (χ0n) is 25.2. The Kier molecular flexibility index (Phi) is 7.62. The van der Waals surface area contributed by atoms with Crippen molar-refractivity contribution in [3.8, 4) is 0 Å². The van der Waals surface area contributed by atoms with Crippen LogP contribution in [0.4, 0.5) is 0 Å². The number of ether oxygens (including phenoxy) is 5. The molecule has 4 aliphatic carbocycles. The molecule has 4 saturated carbocycles. The van der Waals surface area contributed by atoms with E-state index in [-0.39, 0.29) is 34.7 Å². The first kappa shape index (κ1) is 29.5. The first-order valence-electron chi connectivity index (χ1n) is 15.7. The summed E-state index contributed by atoms with van der Waals surface area (Å²) in [7, 11) is 1.50. The standard InChI is InChI=1S/C32H48O9/c1-17-26(35)27(37-5)28(40-18(2)33)29(39-17)41-21-8-11-30(3)20(15-21)6-7-24-23(30)9-12-31(4)22(10-13-32(24,31)36)19-14-25(34)38-16-19/h14,17,20-24,26-29,35-36H,6-13,15-16H2,1-5H3/t17-,20?,21?,22+,23-,24+,26-,27+,28-,29+,30-,31+,32-/m0/s1. The van der Waals surface area contributed by atoms with E-state index in [0.29, 0.717) is 18.4 Å². The summed E-state index contributed by atoms with van der Waals surface area (Å²) >= 11 is 0. The van der Waals surface area contributed by atoms with Crippen LogP contribution in [0.5, 0.6) is 0 Å². The molecule has 13 atom stereocenters. The highest BCUT2D eigenvalue weighted by Gasteiger charge is 2.67. The predicted molar refractivity (Wildman–Crippen MR) is 147 cm³/mol. The van der Waals surface area contributed by atoms with Crippen LogP contribution in [-0.4, -0.2) is 78.3 Å². The second-order valence-electron chi connectivity index (χ2n) is 14.3. The molecule has 0 aromatic rings. The van der Waals surface area contributed by atoms with Gasteiger partial charge in [0.2, 0.25) is 0 Å². The molecule has 230 valence electrons. The Morgan fingerprint density at radius 3 is 2.51 bits per heavy atom. The number of carbonyl (C=O) groups is 2. The number of carbonyl (C=O) groups excluding carboxylic acids is 2. The molecular weight excluding hydrogens is 528 g/mol.